The maximum atomic E-state index is 8.53. The fourth-order valence-corrected chi connectivity index (χ4v) is 1.23. The summed E-state index contributed by atoms with van der Waals surface area (Å²) in [5.41, 5.74) is 7.33. The van der Waals surface area contributed by atoms with E-state index in [1.165, 1.54) is 0 Å². The van der Waals surface area contributed by atoms with E-state index >= 15 is 0 Å². The van der Waals surface area contributed by atoms with Gasteiger partial charge in [0.1, 0.15) is 0 Å². The second-order valence-electron chi connectivity index (χ2n) is 2.37. The lowest BCUT2D eigenvalue weighted by Gasteiger charge is -1.98. The third-order valence-corrected chi connectivity index (χ3v) is 2.13. The fourth-order valence-electron chi connectivity index (χ4n) is 0.836. The second-order valence-corrected chi connectivity index (χ2v) is 3.22. The molecule has 0 atom stereocenters. The van der Waals surface area contributed by atoms with Gasteiger partial charge in [-0.1, -0.05) is 18.2 Å². The summed E-state index contributed by atoms with van der Waals surface area (Å²) in [5, 5.41) is 8.53. The summed E-state index contributed by atoms with van der Waals surface area (Å²) >= 11 is 3.32. The Bertz CT molecular complexity index is 297. The minimum Gasteiger partial charge on any atom is -0.398 e. The molecule has 0 heterocycles. The van der Waals surface area contributed by atoms with Gasteiger partial charge in [0, 0.05) is 10.2 Å². The molecule has 2 nitrogen and oxygen atoms in total. The normalized spacial score (nSPS) is 10.8. The molecule has 3 heteroatoms. The van der Waals surface area contributed by atoms with Gasteiger partial charge in [0.05, 0.1) is 6.61 Å². The first-order valence-corrected chi connectivity index (χ1v) is 4.36. The Hall–Kier alpha value is -0.800. The van der Waals surface area contributed by atoms with E-state index < -0.39 is 0 Å². The number of benzene rings is 1. The summed E-state index contributed by atoms with van der Waals surface area (Å²) in [7, 11) is 0. The molecule has 64 valence electrons. The third kappa shape index (κ3) is 2.36. The largest absolute Gasteiger partial charge is 0.398 e. The predicted octanol–water partition coefficient (Wildman–Crippen LogP) is 2.04. The van der Waals surface area contributed by atoms with Gasteiger partial charge >= 0.3 is 0 Å². The summed E-state index contributed by atoms with van der Waals surface area (Å²) in [6.07, 6.45) is 3.52. The SMILES string of the molecule is Nc1ccc(C=CCO)cc1Br. The van der Waals surface area contributed by atoms with Crippen LogP contribution in [0.5, 0.6) is 0 Å². The Kier molecular flexibility index (Phi) is 3.31. The number of aliphatic hydroxyl groups excluding tert-OH is 1. The van der Waals surface area contributed by atoms with Crippen LogP contribution in [0.1, 0.15) is 5.56 Å². The number of anilines is 1. The molecular weight excluding hydrogens is 218 g/mol. The van der Waals surface area contributed by atoms with Crippen molar-refractivity contribution < 1.29 is 5.11 Å². The van der Waals surface area contributed by atoms with Crippen LogP contribution in [0.2, 0.25) is 0 Å². The Morgan fingerprint density at radius 1 is 1.50 bits per heavy atom. The van der Waals surface area contributed by atoms with E-state index in [0.29, 0.717) is 0 Å². The van der Waals surface area contributed by atoms with E-state index in [9.17, 15) is 0 Å². The fraction of sp³-hybridized carbons (Fsp3) is 0.111. The molecule has 1 aromatic carbocycles. The molecule has 0 aromatic heterocycles. The van der Waals surface area contributed by atoms with Gasteiger partial charge in [-0.2, -0.15) is 0 Å². The van der Waals surface area contributed by atoms with Crippen LogP contribution >= 0.6 is 15.9 Å². The molecule has 3 N–H and O–H groups in total. The molecule has 0 radical (unpaired) electrons. The van der Waals surface area contributed by atoms with Crippen molar-refractivity contribution in [3.8, 4) is 0 Å². The van der Waals surface area contributed by atoms with E-state index in [4.69, 9.17) is 10.8 Å². The van der Waals surface area contributed by atoms with Crippen molar-refractivity contribution in [3.63, 3.8) is 0 Å². The number of rotatable bonds is 2. The van der Waals surface area contributed by atoms with Crippen molar-refractivity contribution in [3.05, 3.63) is 34.3 Å². The van der Waals surface area contributed by atoms with Crippen molar-refractivity contribution >= 4 is 27.7 Å². The maximum Gasteiger partial charge on any atom is 0.0615 e. The van der Waals surface area contributed by atoms with Crippen LogP contribution in [0, 0.1) is 0 Å². The first kappa shape index (κ1) is 9.29. The molecule has 0 unspecified atom stereocenters. The van der Waals surface area contributed by atoms with Crippen LogP contribution in [0.4, 0.5) is 5.69 Å². The van der Waals surface area contributed by atoms with Crippen LogP contribution in [0.15, 0.2) is 28.7 Å². The number of hydrogen-bond donors (Lipinski definition) is 2. The van der Waals surface area contributed by atoms with Crippen LogP contribution < -0.4 is 5.73 Å². The molecule has 0 amide bonds. The van der Waals surface area contributed by atoms with Gasteiger partial charge in [0.25, 0.3) is 0 Å². The molecule has 0 fully saturated rings. The van der Waals surface area contributed by atoms with Crippen LogP contribution in [-0.2, 0) is 0 Å². The van der Waals surface area contributed by atoms with E-state index in [1.54, 1.807) is 6.08 Å². The average molecular weight is 228 g/mol. The molecule has 0 aliphatic carbocycles. The summed E-state index contributed by atoms with van der Waals surface area (Å²) < 4.78 is 0.877. The van der Waals surface area contributed by atoms with E-state index in [2.05, 4.69) is 15.9 Å². The van der Waals surface area contributed by atoms with Gasteiger partial charge < -0.3 is 10.8 Å². The number of nitrogen functional groups attached to an aromatic ring is 1. The predicted molar refractivity (Wildman–Crippen MR) is 54.7 cm³/mol. The van der Waals surface area contributed by atoms with Crippen LogP contribution in [0.25, 0.3) is 6.08 Å². The quantitative estimate of drug-likeness (QED) is 0.761. The molecule has 0 saturated carbocycles. The van der Waals surface area contributed by atoms with Gasteiger partial charge in [0.15, 0.2) is 0 Å². The number of halogens is 1. The minimum atomic E-state index is 0.0575. The highest BCUT2D eigenvalue weighted by Gasteiger charge is 1.93. The van der Waals surface area contributed by atoms with Gasteiger partial charge in [-0.05, 0) is 33.6 Å². The third-order valence-electron chi connectivity index (χ3n) is 1.44. The minimum absolute atomic E-state index is 0.0575. The number of nitrogens with two attached hydrogens (primary N) is 1. The van der Waals surface area contributed by atoms with Gasteiger partial charge in [-0.3, -0.25) is 0 Å². The van der Waals surface area contributed by atoms with Gasteiger partial charge in [-0.25, -0.2) is 0 Å². The average Bonchev–Trinajstić information content (AvgIpc) is 2.07. The van der Waals surface area contributed by atoms with Crippen molar-refractivity contribution in [2.45, 2.75) is 0 Å². The smallest absolute Gasteiger partial charge is 0.0615 e. The maximum absolute atomic E-state index is 8.53. The van der Waals surface area contributed by atoms with E-state index in [0.717, 1.165) is 15.7 Å². The topological polar surface area (TPSA) is 46.2 Å². The summed E-state index contributed by atoms with van der Waals surface area (Å²) in [5.74, 6) is 0. The molecule has 1 aromatic rings. The second kappa shape index (κ2) is 4.28. The molecular formula is C9H10BrNO. The van der Waals surface area contributed by atoms with Crippen LogP contribution in [0.3, 0.4) is 0 Å². The highest BCUT2D eigenvalue weighted by Crippen LogP contribution is 2.20. The lowest BCUT2D eigenvalue weighted by atomic mass is 10.2. The first-order valence-electron chi connectivity index (χ1n) is 3.56. The molecule has 12 heavy (non-hydrogen) atoms. The lowest BCUT2D eigenvalue weighted by Crippen LogP contribution is -1.86. The summed E-state index contributed by atoms with van der Waals surface area (Å²) in [6.45, 7) is 0.0575. The number of aliphatic hydroxyl groups is 1. The van der Waals surface area contributed by atoms with Gasteiger partial charge in [0.2, 0.25) is 0 Å². The van der Waals surface area contributed by atoms with Crippen molar-refractivity contribution in [2.24, 2.45) is 0 Å². The Morgan fingerprint density at radius 3 is 2.83 bits per heavy atom. The first-order chi connectivity index (χ1) is 5.74. The lowest BCUT2D eigenvalue weighted by molar-refractivity contribution is 0.343. The monoisotopic (exact) mass is 227 g/mol. The van der Waals surface area contributed by atoms with Crippen molar-refractivity contribution in [1.82, 2.24) is 0 Å². The Morgan fingerprint density at radius 2 is 2.25 bits per heavy atom. The number of hydrogen-bond acceptors (Lipinski definition) is 2. The molecule has 1 rings (SSSR count). The molecule has 0 bridgehead atoms. The zero-order valence-electron chi connectivity index (χ0n) is 6.50. The Balaban J connectivity index is 2.89. The summed E-state index contributed by atoms with van der Waals surface area (Å²) in [6, 6.07) is 5.62. The highest BCUT2D eigenvalue weighted by atomic mass is 79.9. The highest BCUT2D eigenvalue weighted by molar-refractivity contribution is 9.10. The van der Waals surface area contributed by atoms with E-state index in [1.807, 2.05) is 24.3 Å². The molecule has 0 aliphatic rings. The van der Waals surface area contributed by atoms with Crippen LogP contribution in [-0.4, -0.2) is 11.7 Å². The van der Waals surface area contributed by atoms with Crippen molar-refractivity contribution in [2.75, 3.05) is 12.3 Å². The Labute approximate surface area is 79.8 Å². The molecule has 0 aliphatic heterocycles. The molecule has 0 spiro atoms. The molecule has 0 saturated heterocycles. The van der Waals surface area contributed by atoms with E-state index in [-0.39, 0.29) is 6.61 Å². The van der Waals surface area contributed by atoms with Gasteiger partial charge in [-0.15, -0.1) is 0 Å². The standard InChI is InChI=1S/C9H10BrNO/c10-8-6-7(2-1-5-12)3-4-9(8)11/h1-4,6,12H,5,11H2. The summed E-state index contributed by atoms with van der Waals surface area (Å²) in [4.78, 5) is 0. The van der Waals surface area contributed by atoms with Crippen molar-refractivity contribution in [1.29, 1.82) is 0 Å². The zero-order chi connectivity index (χ0) is 8.97. The zero-order valence-corrected chi connectivity index (χ0v) is 8.08.